The van der Waals surface area contributed by atoms with Gasteiger partial charge in [-0.3, -0.25) is 0 Å². The third-order valence-corrected chi connectivity index (χ3v) is 4.85. The molecule has 2 aliphatic rings. The number of ether oxygens (including phenoxy) is 1. The molecule has 2 aromatic carbocycles. The molecule has 4 heteroatoms. The number of hydrogen-bond acceptors (Lipinski definition) is 3. The molecule has 0 radical (unpaired) electrons. The first-order chi connectivity index (χ1) is 10.4. The summed E-state index contributed by atoms with van der Waals surface area (Å²) >= 11 is 0. The summed E-state index contributed by atoms with van der Waals surface area (Å²) in [5.41, 5.74) is 0.534. The molecule has 2 unspecified atom stereocenters. The average Bonchev–Trinajstić information content (AvgIpc) is 2.82. The van der Waals surface area contributed by atoms with Gasteiger partial charge in [-0.25, -0.2) is 4.39 Å². The quantitative estimate of drug-likeness (QED) is 0.851. The van der Waals surface area contributed by atoms with Crippen LogP contribution < -0.4 is 4.74 Å². The zero-order valence-corrected chi connectivity index (χ0v) is 12.4. The molecule has 0 saturated carbocycles. The van der Waals surface area contributed by atoms with Crippen LogP contribution in [0.4, 0.5) is 4.39 Å². The lowest BCUT2D eigenvalue weighted by molar-refractivity contribution is -0.242. The van der Waals surface area contributed by atoms with Crippen LogP contribution in [0.25, 0.3) is 0 Å². The van der Waals surface area contributed by atoms with Crippen molar-refractivity contribution in [1.29, 1.82) is 0 Å². The average molecular weight is 300 g/mol. The van der Waals surface area contributed by atoms with Crippen LogP contribution in [-0.4, -0.2) is 10.2 Å². The first-order valence-corrected chi connectivity index (χ1v) is 7.43. The van der Waals surface area contributed by atoms with Crippen molar-refractivity contribution >= 4 is 0 Å². The number of fused-ring (bicyclic) bond motifs is 5. The number of halogens is 1. The highest BCUT2D eigenvalue weighted by Crippen LogP contribution is 2.58. The number of hydrogen-bond donors (Lipinski definition) is 2. The van der Waals surface area contributed by atoms with Crippen LogP contribution in [0.3, 0.4) is 0 Å². The minimum Gasteiger partial charge on any atom is -0.454 e. The third-order valence-electron chi connectivity index (χ3n) is 4.85. The van der Waals surface area contributed by atoms with Crippen molar-refractivity contribution < 1.29 is 19.3 Å². The van der Waals surface area contributed by atoms with E-state index in [9.17, 15) is 14.6 Å². The molecule has 0 fully saturated rings. The zero-order chi connectivity index (χ0) is 15.7. The highest BCUT2D eigenvalue weighted by Gasteiger charge is 2.65. The molecule has 0 aromatic heterocycles. The fraction of sp³-hybridized carbons (Fsp3) is 0.333. The van der Waals surface area contributed by atoms with Crippen molar-refractivity contribution in [1.82, 2.24) is 0 Å². The van der Waals surface area contributed by atoms with Gasteiger partial charge in [0.25, 0.3) is 5.79 Å². The molecule has 2 atom stereocenters. The lowest BCUT2D eigenvalue weighted by Crippen LogP contribution is -2.45. The summed E-state index contributed by atoms with van der Waals surface area (Å²) < 4.78 is 19.7. The van der Waals surface area contributed by atoms with E-state index in [-0.39, 0.29) is 6.42 Å². The Balaban J connectivity index is 1.91. The highest BCUT2D eigenvalue weighted by atomic mass is 19.1. The van der Waals surface area contributed by atoms with Crippen LogP contribution in [0.1, 0.15) is 42.0 Å². The SMILES string of the molecule is CC(C)c1ccc2c(c1)OC1(O)c3cccc(F)c3CC21O. The summed E-state index contributed by atoms with van der Waals surface area (Å²) in [6.07, 6.45) is -0.000464. The van der Waals surface area contributed by atoms with Gasteiger partial charge in [0.1, 0.15) is 11.6 Å². The first kappa shape index (κ1) is 13.7. The largest absolute Gasteiger partial charge is 0.454 e. The van der Waals surface area contributed by atoms with Gasteiger partial charge in [-0.15, -0.1) is 0 Å². The monoisotopic (exact) mass is 300 g/mol. The molecule has 2 aromatic rings. The summed E-state index contributed by atoms with van der Waals surface area (Å²) in [5, 5.41) is 22.1. The van der Waals surface area contributed by atoms with E-state index in [1.165, 1.54) is 12.1 Å². The molecular formula is C18H17FO3. The van der Waals surface area contributed by atoms with Crippen molar-refractivity contribution in [2.45, 2.75) is 37.6 Å². The lowest BCUT2D eigenvalue weighted by Gasteiger charge is -2.30. The normalized spacial score (nSPS) is 28.3. The molecule has 3 nitrogen and oxygen atoms in total. The summed E-state index contributed by atoms with van der Waals surface area (Å²) in [6.45, 7) is 4.12. The lowest BCUT2D eigenvalue weighted by atomic mass is 9.87. The predicted octanol–water partition coefficient (Wildman–Crippen LogP) is 2.93. The van der Waals surface area contributed by atoms with Gasteiger partial charge in [-0.05, 0) is 23.6 Å². The second-order valence-corrected chi connectivity index (χ2v) is 6.46. The molecule has 1 aliphatic carbocycles. The Labute approximate surface area is 128 Å². The van der Waals surface area contributed by atoms with Gasteiger partial charge in [0.05, 0.1) is 0 Å². The molecule has 1 aliphatic heterocycles. The van der Waals surface area contributed by atoms with Crippen LogP contribution in [-0.2, 0) is 17.8 Å². The van der Waals surface area contributed by atoms with Gasteiger partial charge in [0, 0.05) is 23.1 Å². The predicted molar refractivity (Wildman–Crippen MR) is 79.1 cm³/mol. The van der Waals surface area contributed by atoms with Gasteiger partial charge >= 0.3 is 0 Å². The van der Waals surface area contributed by atoms with E-state index >= 15 is 0 Å². The molecule has 22 heavy (non-hydrogen) atoms. The van der Waals surface area contributed by atoms with E-state index in [0.717, 1.165) is 5.56 Å². The van der Waals surface area contributed by atoms with Gasteiger partial charge in [-0.1, -0.05) is 38.1 Å². The Kier molecular flexibility index (Phi) is 2.55. The Morgan fingerprint density at radius 2 is 1.91 bits per heavy atom. The van der Waals surface area contributed by atoms with E-state index < -0.39 is 17.2 Å². The van der Waals surface area contributed by atoms with Crippen molar-refractivity contribution in [3.8, 4) is 5.75 Å². The van der Waals surface area contributed by atoms with Crippen LogP contribution in [0.5, 0.6) is 5.75 Å². The van der Waals surface area contributed by atoms with Crippen LogP contribution in [0.15, 0.2) is 36.4 Å². The molecule has 1 heterocycles. The minimum absolute atomic E-state index is 0.000464. The van der Waals surface area contributed by atoms with Gasteiger partial charge in [-0.2, -0.15) is 0 Å². The number of benzene rings is 2. The van der Waals surface area contributed by atoms with Crippen LogP contribution in [0.2, 0.25) is 0 Å². The van der Waals surface area contributed by atoms with E-state index in [4.69, 9.17) is 4.74 Å². The Bertz CT molecular complexity index is 786. The van der Waals surface area contributed by atoms with Crippen molar-refractivity contribution in [2.24, 2.45) is 0 Å². The number of rotatable bonds is 1. The smallest absolute Gasteiger partial charge is 0.269 e. The van der Waals surface area contributed by atoms with E-state index in [1.54, 1.807) is 12.1 Å². The molecule has 4 rings (SSSR count). The van der Waals surface area contributed by atoms with Crippen molar-refractivity contribution in [3.05, 3.63) is 64.5 Å². The fourth-order valence-electron chi connectivity index (χ4n) is 3.55. The summed E-state index contributed by atoms with van der Waals surface area (Å²) in [4.78, 5) is 0. The molecule has 114 valence electrons. The van der Waals surface area contributed by atoms with Crippen molar-refractivity contribution in [2.75, 3.05) is 0 Å². The topological polar surface area (TPSA) is 49.7 Å². The molecule has 0 spiro atoms. The molecule has 0 saturated heterocycles. The maximum absolute atomic E-state index is 14.0. The van der Waals surface area contributed by atoms with Crippen molar-refractivity contribution in [3.63, 3.8) is 0 Å². The van der Waals surface area contributed by atoms with Gasteiger partial charge < -0.3 is 14.9 Å². The molecule has 2 N–H and O–H groups in total. The van der Waals surface area contributed by atoms with Gasteiger partial charge in [0.2, 0.25) is 0 Å². The Morgan fingerprint density at radius 1 is 1.14 bits per heavy atom. The standard InChI is InChI=1S/C18H17FO3/c1-10(2)11-6-7-14-16(8-11)22-18(21)13-4-3-5-15(19)12(13)9-17(14,18)20/h3-8,10,20-21H,9H2,1-2H3. The van der Waals surface area contributed by atoms with E-state index in [2.05, 4.69) is 13.8 Å². The first-order valence-electron chi connectivity index (χ1n) is 7.43. The fourth-order valence-corrected chi connectivity index (χ4v) is 3.55. The maximum Gasteiger partial charge on any atom is 0.269 e. The molecule has 0 bridgehead atoms. The zero-order valence-electron chi connectivity index (χ0n) is 12.4. The summed E-state index contributed by atoms with van der Waals surface area (Å²) in [5.74, 6) is -1.59. The van der Waals surface area contributed by atoms with Crippen LogP contribution >= 0.6 is 0 Å². The van der Waals surface area contributed by atoms with Gasteiger partial charge in [0.15, 0.2) is 5.60 Å². The second-order valence-electron chi connectivity index (χ2n) is 6.46. The Morgan fingerprint density at radius 3 is 2.64 bits per heavy atom. The van der Waals surface area contributed by atoms with E-state index in [1.807, 2.05) is 12.1 Å². The maximum atomic E-state index is 14.0. The second kappa shape index (κ2) is 4.09. The summed E-state index contributed by atoms with van der Waals surface area (Å²) in [6, 6.07) is 9.97. The summed E-state index contributed by atoms with van der Waals surface area (Å²) in [7, 11) is 0. The third kappa shape index (κ3) is 1.46. The molecular weight excluding hydrogens is 283 g/mol. The highest BCUT2D eigenvalue weighted by molar-refractivity contribution is 5.55. The number of aliphatic hydroxyl groups is 2. The van der Waals surface area contributed by atoms with E-state index in [0.29, 0.717) is 28.4 Å². The Hall–Kier alpha value is -1.91. The molecule has 0 amide bonds. The minimum atomic E-state index is -1.93. The van der Waals surface area contributed by atoms with Crippen LogP contribution in [0, 0.1) is 5.82 Å².